The Morgan fingerprint density at radius 3 is 2.70 bits per heavy atom. The summed E-state index contributed by atoms with van der Waals surface area (Å²) in [7, 11) is -1.84. The van der Waals surface area contributed by atoms with Gasteiger partial charge in [0.15, 0.2) is 9.84 Å². The van der Waals surface area contributed by atoms with Gasteiger partial charge in [-0.2, -0.15) is 0 Å². The van der Waals surface area contributed by atoms with E-state index in [0.29, 0.717) is 17.0 Å². The Balaban J connectivity index is 2.16. The highest BCUT2D eigenvalue weighted by atomic mass is 32.2. The number of ether oxygens (including phenoxy) is 1. The Hall–Kier alpha value is -1.41. The summed E-state index contributed by atoms with van der Waals surface area (Å²) in [6, 6.07) is 0. The zero-order chi connectivity index (χ0) is 14.9. The molecule has 1 aromatic heterocycles. The average molecular weight is 317 g/mol. The molecule has 1 unspecified atom stereocenters. The third kappa shape index (κ3) is 3.01. The minimum absolute atomic E-state index is 0.0393. The van der Waals surface area contributed by atoms with Crippen LogP contribution in [-0.4, -0.2) is 38.9 Å². The number of esters is 1. The van der Waals surface area contributed by atoms with Crippen LogP contribution in [-0.2, 0) is 19.4 Å². The Kier molecular flexibility index (Phi) is 4.14. The Labute approximate surface area is 121 Å². The van der Waals surface area contributed by atoms with Gasteiger partial charge in [0.2, 0.25) is 5.91 Å². The van der Waals surface area contributed by atoms with Crippen molar-refractivity contribution in [1.29, 1.82) is 0 Å². The number of hydrogen-bond acceptors (Lipinski definition) is 6. The molecule has 1 aliphatic heterocycles. The van der Waals surface area contributed by atoms with Crippen LogP contribution in [0.2, 0.25) is 0 Å². The van der Waals surface area contributed by atoms with Crippen molar-refractivity contribution in [2.45, 2.75) is 13.3 Å². The minimum Gasteiger partial charge on any atom is -0.465 e. The zero-order valence-electron chi connectivity index (χ0n) is 11.1. The van der Waals surface area contributed by atoms with E-state index in [0.717, 1.165) is 5.56 Å². The van der Waals surface area contributed by atoms with Gasteiger partial charge >= 0.3 is 5.97 Å². The molecule has 0 bridgehead atoms. The summed E-state index contributed by atoms with van der Waals surface area (Å²) in [5.74, 6) is -1.52. The molecular formula is C12H15NO5S2. The molecule has 1 saturated heterocycles. The number of hydrogen-bond donors (Lipinski definition) is 1. The summed E-state index contributed by atoms with van der Waals surface area (Å²) >= 11 is 1.19. The van der Waals surface area contributed by atoms with Gasteiger partial charge in [-0.3, -0.25) is 4.79 Å². The predicted octanol–water partition coefficient (Wildman–Crippen LogP) is 1.22. The lowest BCUT2D eigenvalue weighted by Crippen LogP contribution is -2.24. The molecule has 8 heteroatoms. The first-order valence-electron chi connectivity index (χ1n) is 6.01. The van der Waals surface area contributed by atoms with Crippen LogP contribution in [0, 0.1) is 12.8 Å². The largest absolute Gasteiger partial charge is 0.465 e. The summed E-state index contributed by atoms with van der Waals surface area (Å²) in [4.78, 5) is 24.0. The molecule has 1 N–H and O–H groups in total. The van der Waals surface area contributed by atoms with Crippen molar-refractivity contribution in [1.82, 2.24) is 0 Å². The summed E-state index contributed by atoms with van der Waals surface area (Å²) < 4.78 is 27.4. The van der Waals surface area contributed by atoms with E-state index in [2.05, 4.69) is 10.1 Å². The number of methoxy groups -OCH3 is 1. The fraction of sp³-hybridized carbons (Fsp3) is 0.500. The summed E-state index contributed by atoms with van der Waals surface area (Å²) in [6.07, 6.45) is 0.324. The van der Waals surface area contributed by atoms with Crippen LogP contribution < -0.4 is 5.32 Å². The number of thiophene rings is 1. The van der Waals surface area contributed by atoms with E-state index in [9.17, 15) is 18.0 Å². The predicted molar refractivity (Wildman–Crippen MR) is 75.8 cm³/mol. The molecule has 1 atom stereocenters. The first kappa shape index (κ1) is 15.0. The second kappa shape index (κ2) is 5.53. The summed E-state index contributed by atoms with van der Waals surface area (Å²) in [6.45, 7) is 1.77. The number of rotatable bonds is 3. The topological polar surface area (TPSA) is 89.5 Å². The lowest BCUT2D eigenvalue weighted by molar-refractivity contribution is -0.119. The van der Waals surface area contributed by atoms with Crippen LogP contribution in [0.25, 0.3) is 0 Å². The van der Waals surface area contributed by atoms with Gasteiger partial charge in [0.25, 0.3) is 0 Å². The highest BCUT2D eigenvalue weighted by Gasteiger charge is 2.33. The van der Waals surface area contributed by atoms with Crippen molar-refractivity contribution in [2.24, 2.45) is 5.92 Å². The van der Waals surface area contributed by atoms with E-state index >= 15 is 0 Å². The molecular weight excluding hydrogens is 302 g/mol. The lowest BCUT2D eigenvalue weighted by Gasteiger charge is -2.10. The van der Waals surface area contributed by atoms with Crippen LogP contribution in [0.4, 0.5) is 5.69 Å². The van der Waals surface area contributed by atoms with Crippen LogP contribution >= 0.6 is 11.3 Å². The number of aryl methyl sites for hydroxylation is 1. The van der Waals surface area contributed by atoms with Crippen molar-refractivity contribution in [3.8, 4) is 0 Å². The molecule has 0 radical (unpaired) electrons. The van der Waals surface area contributed by atoms with Crippen LogP contribution in [0.15, 0.2) is 5.38 Å². The van der Waals surface area contributed by atoms with Gasteiger partial charge in [-0.1, -0.05) is 0 Å². The van der Waals surface area contributed by atoms with E-state index in [1.54, 1.807) is 12.3 Å². The number of amides is 1. The van der Waals surface area contributed by atoms with Crippen molar-refractivity contribution in [3.63, 3.8) is 0 Å². The van der Waals surface area contributed by atoms with Crippen molar-refractivity contribution in [3.05, 3.63) is 15.8 Å². The zero-order valence-corrected chi connectivity index (χ0v) is 12.8. The fourth-order valence-electron chi connectivity index (χ4n) is 2.07. The van der Waals surface area contributed by atoms with Crippen LogP contribution in [0.3, 0.4) is 0 Å². The molecule has 0 saturated carbocycles. The molecule has 6 nitrogen and oxygen atoms in total. The highest BCUT2D eigenvalue weighted by molar-refractivity contribution is 7.91. The van der Waals surface area contributed by atoms with Crippen molar-refractivity contribution in [2.75, 3.05) is 23.9 Å². The minimum atomic E-state index is -3.11. The normalized spacial score (nSPS) is 20.6. The number of anilines is 1. The fourth-order valence-corrected chi connectivity index (χ4v) is 4.73. The van der Waals surface area contributed by atoms with Gasteiger partial charge in [-0.05, 0) is 24.3 Å². The van der Waals surface area contributed by atoms with Crippen molar-refractivity contribution < 1.29 is 22.7 Å². The number of carbonyl (C=O) groups excluding carboxylic acids is 2. The molecule has 0 spiro atoms. The van der Waals surface area contributed by atoms with Gasteiger partial charge in [0.05, 0.1) is 30.2 Å². The monoisotopic (exact) mass is 317 g/mol. The molecule has 0 aliphatic carbocycles. The van der Waals surface area contributed by atoms with Crippen LogP contribution in [0.5, 0.6) is 0 Å². The Bertz CT molecular complexity index is 647. The second-order valence-electron chi connectivity index (χ2n) is 4.70. The maximum Gasteiger partial charge on any atom is 0.350 e. The Morgan fingerprint density at radius 1 is 1.45 bits per heavy atom. The molecule has 1 aliphatic rings. The van der Waals surface area contributed by atoms with E-state index < -0.39 is 21.7 Å². The lowest BCUT2D eigenvalue weighted by atomic mass is 10.1. The quantitative estimate of drug-likeness (QED) is 0.847. The number of sulfone groups is 1. The third-order valence-electron chi connectivity index (χ3n) is 3.20. The molecule has 0 aromatic carbocycles. The standard InChI is InChI=1S/C12H15NO5S2/c1-7-5-19-10(12(15)18-2)9(7)13-11(14)8-3-4-20(16,17)6-8/h5,8H,3-4,6H2,1-2H3,(H,13,14). The first-order valence-corrected chi connectivity index (χ1v) is 8.72. The van der Waals surface area contributed by atoms with Gasteiger partial charge in [-0.15, -0.1) is 11.3 Å². The van der Waals surface area contributed by atoms with E-state index in [1.807, 2.05) is 0 Å². The molecule has 1 aromatic rings. The smallest absolute Gasteiger partial charge is 0.350 e. The highest BCUT2D eigenvalue weighted by Crippen LogP contribution is 2.29. The van der Waals surface area contributed by atoms with Gasteiger partial charge in [-0.25, -0.2) is 13.2 Å². The SMILES string of the molecule is COC(=O)c1scc(C)c1NC(=O)C1CCS(=O)(=O)C1. The number of nitrogens with one attached hydrogen (secondary N) is 1. The van der Waals surface area contributed by atoms with E-state index in [-0.39, 0.29) is 17.4 Å². The molecule has 2 rings (SSSR count). The van der Waals surface area contributed by atoms with Gasteiger partial charge in [0.1, 0.15) is 4.88 Å². The summed E-state index contributed by atoms with van der Waals surface area (Å²) in [5, 5.41) is 4.40. The third-order valence-corrected chi connectivity index (χ3v) is 6.04. The Morgan fingerprint density at radius 2 is 2.15 bits per heavy atom. The molecule has 1 amide bonds. The van der Waals surface area contributed by atoms with E-state index in [4.69, 9.17) is 0 Å². The maximum absolute atomic E-state index is 12.1. The van der Waals surface area contributed by atoms with E-state index in [1.165, 1.54) is 18.4 Å². The van der Waals surface area contributed by atoms with Crippen LogP contribution in [0.1, 0.15) is 21.7 Å². The molecule has 20 heavy (non-hydrogen) atoms. The van der Waals surface area contributed by atoms with Gasteiger partial charge in [0, 0.05) is 0 Å². The maximum atomic E-state index is 12.1. The first-order chi connectivity index (χ1) is 9.34. The molecule has 2 heterocycles. The number of carbonyl (C=O) groups is 2. The molecule has 110 valence electrons. The second-order valence-corrected chi connectivity index (χ2v) is 7.81. The molecule has 1 fully saturated rings. The van der Waals surface area contributed by atoms with Crippen molar-refractivity contribution >= 4 is 38.7 Å². The average Bonchev–Trinajstić information content (AvgIpc) is 2.93. The van der Waals surface area contributed by atoms with Gasteiger partial charge < -0.3 is 10.1 Å². The summed E-state index contributed by atoms with van der Waals surface area (Å²) in [5.41, 5.74) is 1.17.